The third-order valence-electron chi connectivity index (χ3n) is 4.03. The van der Waals surface area contributed by atoms with E-state index in [1.807, 2.05) is 36.1 Å². The van der Waals surface area contributed by atoms with Gasteiger partial charge < -0.3 is 15.0 Å². The van der Waals surface area contributed by atoms with Gasteiger partial charge in [0.05, 0.1) is 0 Å². The number of carbonyl (C=O) groups is 1. The van der Waals surface area contributed by atoms with E-state index in [-0.39, 0.29) is 12.1 Å². The maximum atomic E-state index is 12.3. The number of nitrogens with one attached hydrogen (secondary N) is 1. The van der Waals surface area contributed by atoms with Gasteiger partial charge in [0.25, 0.3) is 0 Å². The molecule has 0 aliphatic carbocycles. The average Bonchev–Trinajstić information content (AvgIpc) is 2.57. The van der Waals surface area contributed by atoms with E-state index in [2.05, 4.69) is 10.3 Å². The van der Waals surface area contributed by atoms with Crippen LogP contribution in [0.15, 0.2) is 42.7 Å². The molecule has 1 aliphatic heterocycles. The van der Waals surface area contributed by atoms with Crippen molar-refractivity contribution >= 4 is 23.3 Å². The van der Waals surface area contributed by atoms with Gasteiger partial charge in [0.2, 0.25) is 0 Å². The predicted molar refractivity (Wildman–Crippen MR) is 94.7 cm³/mol. The molecule has 1 N–H and O–H groups in total. The van der Waals surface area contributed by atoms with Crippen LogP contribution in [-0.4, -0.2) is 35.1 Å². The van der Waals surface area contributed by atoms with E-state index in [1.54, 1.807) is 18.5 Å². The molecule has 2 aromatic rings. The summed E-state index contributed by atoms with van der Waals surface area (Å²) in [5.74, 6) is 0.648. The number of anilines is 1. The molecular weight excluding hydrogens is 326 g/mol. The first kappa shape index (κ1) is 16.6. The van der Waals surface area contributed by atoms with Gasteiger partial charge in [0, 0.05) is 50.1 Å². The molecule has 0 radical (unpaired) electrons. The number of nitrogens with zero attached hydrogens (tertiary/aromatic N) is 2. The first-order chi connectivity index (χ1) is 11.6. The second kappa shape index (κ2) is 7.53. The molecular formula is C18H20ClN3O2. The Balaban J connectivity index is 1.51. The third-order valence-corrected chi connectivity index (χ3v) is 4.31. The number of urea groups is 1. The molecule has 0 bridgehead atoms. The van der Waals surface area contributed by atoms with Crippen molar-refractivity contribution in [2.75, 3.05) is 18.4 Å². The Morgan fingerprint density at radius 2 is 2.12 bits per heavy atom. The van der Waals surface area contributed by atoms with Crippen LogP contribution in [-0.2, 0) is 0 Å². The van der Waals surface area contributed by atoms with Crippen molar-refractivity contribution in [3.8, 4) is 5.75 Å². The number of halogens is 1. The largest absolute Gasteiger partial charge is 0.489 e. The van der Waals surface area contributed by atoms with Gasteiger partial charge in [-0.25, -0.2) is 4.79 Å². The summed E-state index contributed by atoms with van der Waals surface area (Å²) in [5.41, 5.74) is 1.94. The zero-order valence-electron chi connectivity index (χ0n) is 13.5. The summed E-state index contributed by atoms with van der Waals surface area (Å²) in [5, 5.41) is 3.45. The lowest BCUT2D eigenvalue weighted by Gasteiger charge is -2.32. The number of hydrogen-bond donors (Lipinski definition) is 1. The molecule has 1 fully saturated rings. The van der Waals surface area contributed by atoms with Crippen molar-refractivity contribution in [3.05, 3.63) is 53.3 Å². The molecule has 1 aromatic heterocycles. The Bertz CT molecular complexity index is 715. The van der Waals surface area contributed by atoms with Crippen LogP contribution in [0.25, 0.3) is 0 Å². The second-order valence-electron chi connectivity index (χ2n) is 5.91. The summed E-state index contributed by atoms with van der Waals surface area (Å²) in [6, 6.07) is 9.48. The number of aryl methyl sites for hydroxylation is 1. The van der Waals surface area contributed by atoms with E-state index in [0.29, 0.717) is 23.9 Å². The standard InChI is InChI=1S/C18H20ClN3O2/c1-13-3-2-4-14(11-13)21-18(23)22-9-6-15(7-10-22)24-17-5-8-20-12-16(17)19/h2-5,8,11-12,15H,6-7,9-10H2,1H3,(H,21,23). The molecule has 3 rings (SSSR count). The number of rotatable bonds is 3. The molecule has 0 unspecified atom stereocenters. The minimum Gasteiger partial charge on any atom is -0.489 e. The van der Waals surface area contributed by atoms with Crippen LogP contribution in [0.4, 0.5) is 10.5 Å². The molecule has 2 heterocycles. The minimum atomic E-state index is -0.0685. The number of pyridine rings is 1. The first-order valence-electron chi connectivity index (χ1n) is 8.00. The smallest absolute Gasteiger partial charge is 0.321 e. The molecule has 126 valence electrons. The molecule has 0 spiro atoms. The average molecular weight is 346 g/mol. The van der Waals surface area contributed by atoms with Crippen LogP contribution in [0, 0.1) is 6.92 Å². The van der Waals surface area contributed by atoms with Crippen LogP contribution in [0.3, 0.4) is 0 Å². The third kappa shape index (κ3) is 4.17. The fourth-order valence-corrected chi connectivity index (χ4v) is 2.90. The van der Waals surface area contributed by atoms with Gasteiger partial charge in [-0.05, 0) is 24.6 Å². The second-order valence-corrected chi connectivity index (χ2v) is 6.32. The number of carbonyl (C=O) groups excluding carboxylic acids is 1. The number of ether oxygens (including phenoxy) is 1. The normalized spacial score (nSPS) is 15.2. The summed E-state index contributed by atoms with van der Waals surface area (Å²) >= 11 is 6.06. The van der Waals surface area contributed by atoms with Crippen molar-refractivity contribution < 1.29 is 9.53 Å². The summed E-state index contributed by atoms with van der Waals surface area (Å²) in [7, 11) is 0. The summed E-state index contributed by atoms with van der Waals surface area (Å²) in [6.07, 6.45) is 4.85. The van der Waals surface area contributed by atoms with Crippen LogP contribution < -0.4 is 10.1 Å². The highest BCUT2D eigenvalue weighted by Gasteiger charge is 2.24. The highest BCUT2D eigenvalue weighted by molar-refractivity contribution is 6.31. The van der Waals surface area contributed by atoms with Gasteiger partial charge in [0.15, 0.2) is 0 Å². The topological polar surface area (TPSA) is 54.5 Å². The van der Waals surface area contributed by atoms with Crippen molar-refractivity contribution in [3.63, 3.8) is 0 Å². The number of likely N-dealkylation sites (tertiary alicyclic amines) is 1. The molecule has 1 aliphatic rings. The van der Waals surface area contributed by atoms with Gasteiger partial charge in [-0.15, -0.1) is 0 Å². The van der Waals surface area contributed by atoms with Crippen LogP contribution >= 0.6 is 11.6 Å². The van der Waals surface area contributed by atoms with Crippen molar-refractivity contribution in [2.24, 2.45) is 0 Å². The van der Waals surface area contributed by atoms with Crippen LogP contribution in [0.5, 0.6) is 5.75 Å². The highest BCUT2D eigenvalue weighted by atomic mass is 35.5. The van der Waals surface area contributed by atoms with Crippen LogP contribution in [0.2, 0.25) is 5.02 Å². The fourth-order valence-electron chi connectivity index (χ4n) is 2.74. The zero-order chi connectivity index (χ0) is 16.9. The van der Waals surface area contributed by atoms with E-state index in [1.165, 1.54) is 0 Å². The van der Waals surface area contributed by atoms with Crippen molar-refractivity contribution in [2.45, 2.75) is 25.9 Å². The molecule has 0 saturated carbocycles. The van der Waals surface area contributed by atoms with E-state index < -0.39 is 0 Å². The van der Waals surface area contributed by atoms with E-state index in [9.17, 15) is 4.79 Å². The maximum absolute atomic E-state index is 12.3. The summed E-state index contributed by atoms with van der Waals surface area (Å²) < 4.78 is 5.92. The van der Waals surface area contributed by atoms with E-state index in [4.69, 9.17) is 16.3 Å². The Morgan fingerprint density at radius 1 is 1.33 bits per heavy atom. The highest BCUT2D eigenvalue weighted by Crippen LogP contribution is 2.26. The van der Waals surface area contributed by atoms with Gasteiger partial charge >= 0.3 is 6.03 Å². The summed E-state index contributed by atoms with van der Waals surface area (Å²) in [4.78, 5) is 18.1. The Morgan fingerprint density at radius 3 is 2.83 bits per heavy atom. The quantitative estimate of drug-likeness (QED) is 0.910. The lowest BCUT2D eigenvalue weighted by molar-refractivity contribution is 0.115. The number of piperidine rings is 1. The molecule has 2 amide bonds. The lowest BCUT2D eigenvalue weighted by atomic mass is 10.1. The maximum Gasteiger partial charge on any atom is 0.321 e. The molecule has 0 atom stereocenters. The van der Waals surface area contributed by atoms with Crippen molar-refractivity contribution in [1.82, 2.24) is 9.88 Å². The number of hydrogen-bond acceptors (Lipinski definition) is 3. The minimum absolute atomic E-state index is 0.0629. The number of benzene rings is 1. The Hall–Kier alpha value is -2.27. The molecule has 24 heavy (non-hydrogen) atoms. The fraction of sp³-hybridized carbons (Fsp3) is 0.333. The molecule has 1 aromatic carbocycles. The Labute approximate surface area is 146 Å². The zero-order valence-corrected chi connectivity index (χ0v) is 14.3. The molecule has 6 heteroatoms. The monoisotopic (exact) mass is 345 g/mol. The first-order valence-corrected chi connectivity index (χ1v) is 8.38. The van der Waals surface area contributed by atoms with Crippen molar-refractivity contribution in [1.29, 1.82) is 0 Å². The van der Waals surface area contributed by atoms with E-state index in [0.717, 1.165) is 24.1 Å². The van der Waals surface area contributed by atoms with Gasteiger partial charge in [-0.3, -0.25) is 4.98 Å². The summed E-state index contributed by atoms with van der Waals surface area (Å²) in [6.45, 7) is 3.32. The van der Waals surface area contributed by atoms with Crippen LogP contribution in [0.1, 0.15) is 18.4 Å². The number of aromatic nitrogens is 1. The van der Waals surface area contributed by atoms with Gasteiger partial charge in [-0.1, -0.05) is 23.7 Å². The molecule has 1 saturated heterocycles. The van der Waals surface area contributed by atoms with Gasteiger partial charge in [-0.2, -0.15) is 0 Å². The lowest BCUT2D eigenvalue weighted by Crippen LogP contribution is -2.43. The SMILES string of the molecule is Cc1cccc(NC(=O)N2CCC(Oc3ccncc3Cl)CC2)c1. The number of amides is 2. The van der Waals surface area contributed by atoms with E-state index >= 15 is 0 Å². The Kier molecular flexibility index (Phi) is 5.20. The van der Waals surface area contributed by atoms with Gasteiger partial charge in [0.1, 0.15) is 16.9 Å². The predicted octanol–water partition coefficient (Wildman–Crippen LogP) is 4.12. The molecule has 5 nitrogen and oxygen atoms in total.